The first kappa shape index (κ1) is 23.9. The van der Waals surface area contributed by atoms with Gasteiger partial charge in [0.05, 0.1) is 0 Å². The number of amides is 1. The molecule has 1 saturated carbocycles. The number of nitrogens with zero attached hydrogens (tertiary/aromatic N) is 2. The molecular formula is C30H34ClN3O. The smallest absolute Gasteiger partial charge is 0.255 e. The molecule has 182 valence electrons. The zero-order chi connectivity index (χ0) is 24.3. The van der Waals surface area contributed by atoms with E-state index in [0.717, 1.165) is 50.6 Å². The van der Waals surface area contributed by atoms with Crippen LogP contribution in [0.2, 0.25) is 5.02 Å². The van der Waals surface area contributed by atoms with E-state index in [-0.39, 0.29) is 11.4 Å². The molecular weight excluding hydrogens is 454 g/mol. The molecule has 0 aromatic heterocycles. The highest BCUT2D eigenvalue weighted by atomic mass is 35.5. The minimum atomic E-state index is -0.132. The predicted octanol–water partition coefficient (Wildman–Crippen LogP) is 6.82. The van der Waals surface area contributed by atoms with Crippen molar-refractivity contribution in [2.45, 2.75) is 38.1 Å². The molecule has 0 unspecified atom stereocenters. The Morgan fingerprint density at radius 3 is 2.31 bits per heavy atom. The summed E-state index contributed by atoms with van der Waals surface area (Å²) in [5.41, 5.74) is 4.06. The Balaban J connectivity index is 1.37. The zero-order valence-corrected chi connectivity index (χ0v) is 21.2. The van der Waals surface area contributed by atoms with Crippen molar-refractivity contribution in [1.82, 2.24) is 4.90 Å². The van der Waals surface area contributed by atoms with Crippen molar-refractivity contribution in [3.05, 3.63) is 95.0 Å². The second-order valence-electron chi connectivity index (χ2n) is 10.1. The van der Waals surface area contributed by atoms with Crippen LogP contribution in [-0.4, -0.2) is 37.0 Å². The van der Waals surface area contributed by atoms with Crippen LogP contribution in [0.15, 0.2) is 78.9 Å². The van der Waals surface area contributed by atoms with Crippen molar-refractivity contribution >= 4 is 28.9 Å². The molecule has 1 N–H and O–H groups in total. The monoisotopic (exact) mass is 487 g/mol. The molecule has 0 radical (unpaired) electrons. The minimum absolute atomic E-state index is 0.0199. The van der Waals surface area contributed by atoms with Crippen LogP contribution < -0.4 is 10.2 Å². The number of hydrogen-bond acceptors (Lipinski definition) is 3. The highest BCUT2D eigenvalue weighted by Crippen LogP contribution is 2.45. The third-order valence-electron chi connectivity index (χ3n) is 7.85. The van der Waals surface area contributed by atoms with Crippen molar-refractivity contribution in [1.29, 1.82) is 0 Å². The number of carbonyl (C=O) groups is 1. The van der Waals surface area contributed by atoms with Crippen molar-refractivity contribution in [3.63, 3.8) is 0 Å². The summed E-state index contributed by atoms with van der Waals surface area (Å²) < 4.78 is 0. The number of rotatable bonds is 5. The summed E-state index contributed by atoms with van der Waals surface area (Å²) in [4.78, 5) is 18.1. The SMILES string of the molecule is CC1CCC(c2cccc(NC(=O)c3cccc(Cl)c3)c2)(N2CCN(c3ccccc3)CC2)CC1. The zero-order valence-electron chi connectivity index (χ0n) is 20.4. The van der Waals surface area contributed by atoms with Gasteiger partial charge in [-0.1, -0.05) is 54.9 Å². The Kier molecular flexibility index (Phi) is 7.12. The summed E-state index contributed by atoms with van der Waals surface area (Å²) in [5, 5.41) is 3.66. The highest BCUT2D eigenvalue weighted by Gasteiger charge is 2.42. The van der Waals surface area contributed by atoms with Crippen LogP contribution in [0, 0.1) is 5.92 Å². The summed E-state index contributed by atoms with van der Waals surface area (Å²) in [6.07, 6.45) is 4.78. The van der Waals surface area contributed by atoms with E-state index in [1.165, 1.54) is 24.1 Å². The van der Waals surface area contributed by atoms with Crippen LogP contribution in [-0.2, 0) is 5.54 Å². The van der Waals surface area contributed by atoms with Gasteiger partial charge in [-0.2, -0.15) is 0 Å². The summed E-state index contributed by atoms with van der Waals surface area (Å²) in [6, 6.07) is 26.3. The first-order chi connectivity index (χ1) is 17.0. The molecule has 1 heterocycles. The molecule has 1 aliphatic carbocycles. The molecule has 0 bridgehead atoms. The van der Waals surface area contributed by atoms with Crippen molar-refractivity contribution in [2.75, 3.05) is 36.4 Å². The van der Waals surface area contributed by atoms with Gasteiger partial charge in [0.2, 0.25) is 0 Å². The van der Waals surface area contributed by atoms with E-state index in [1.54, 1.807) is 24.3 Å². The van der Waals surface area contributed by atoms with E-state index in [0.29, 0.717) is 10.6 Å². The lowest BCUT2D eigenvalue weighted by Gasteiger charge is -2.51. The quantitative estimate of drug-likeness (QED) is 0.429. The lowest BCUT2D eigenvalue weighted by atomic mass is 9.71. The van der Waals surface area contributed by atoms with Crippen molar-refractivity contribution in [3.8, 4) is 0 Å². The molecule has 5 rings (SSSR count). The first-order valence-corrected chi connectivity index (χ1v) is 13.1. The van der Waals surface area contributed by atoms with Gasteiger partial charge in [-0.15, -0.1) is 0 Å². The molecule has 35 heavy (non-hydrogen) atoms. The maximum absolute atomic E-state index is 12.9. The average Bonchev–Trinajstić information content (AvgIpc) is 2.90. The Morgan fingerprint density at radius 2 is 1.60 bits per heavy atom. The molecule has 2 fully saturated rings. The van der Waals surface area contributed by atoms with Gasteiger partial charge in [0.25, 0.3) is 5.91 Å². The number of carbonyl (C=O) groups excluding carboxylic acids is 1. The van der Waals surface area contributed by atoms with E-state index in [1.807, 2.05) is 6.07 Å². The molecule has 3 aromatic carbocycles. The highest BCUT2D eigenvalue weighted by molar-refractivity contribution is 6.31. The third kappa shape index (κ3) is 5.24. The third-order valence-corrected chi connectivity index (χ3v) is 8.09. The molecule has 2 aliphatic rings. The van der Waals surface area contributed by atoms with Crippen LogP contribution in [0.5, 0.6) is 0 Å². The lowest BCUT2D eigenvalue weighted by Crippen LogP contribution is -2.56. The molecule has 5 heteroatoms. The number of halogens is 1. The molecule has 0 atom stereocenters. The summed E-state index contributed by atoms with van der Waals surface area (Å²) in [5.74, 6) is 0.631. The normalized spacial score (nSPS) is 23.1. The van der Waals surface area contributed by atoms with Gasteiger partial charge in [-0.05, 0) is 79.6 Å². The average molecular weight is 488 g/mol. The van der Waals surface area contributed by atoms with E-state index in [9.17, 15) is 4.79 Å². The molecule has 1 saturated heterocycles. The van der Waals surface area contributed by atoms with Crippen LogP contribution in [0.4, 0.5) is 11.4 Å². The topological polar surface area (TPSA) is 35.6 Å². The van der Waals surface area contributed by atoms with Gasteiger partial charge in [-0.25, -0.2) is 0 Å². The second kappa shape index (κ2) is 10.4. The van der Waals surface area contributed by atoms with Crippen LogP contribution >= 0.6 is 11.6 Å². The number of benzene rings is 3. The number of para-hydroxylation sites is 1. The van der Waals surface area contributed by atoms with Crippen molar-refractivity contribution in [2.24, 2.45) is 5.92 Å². The van der Waals surface area contributed by atoms with Crippen LogP contribution in [0.1, 0.15) is 48.5 Å². The largest absolute Gasteiger partial charge is 0.369 e. The predicted molar refractivity (Wildman–Crippen MR) is 145 cm³/mol. The minimum Gasteiger partial charge on any atom is -0.369 e. The summed E-state index contributed by atoms with van der Waals surface area (Å²) in [7, 11) is 0. The summed E-state index contributed by atoms with van der Waals surface area (Å²) in [6.45, 7) is 6.53. The Bertz CT molecular complexity index is 1150. The molecule has 1 amide bonds. The fourth-order valence-electron chi connectivity index (χ4n) is 5.78. The lowest BCUT2D eigenvalue weighted by molar-refractivity contribution is 0.0299. The number of piperazine rings is 1. The fourth-order valence-corrected chi connectivity index (χ4v) is 5.97. The maximum Gasteiger partial charge on any atom is 0.255 e. The van der Waals surface area contributed by atoms with E-state index >= 15 is 0 Å². The number of hydrogen-bond donors (Lipinski definition) is 1. The van der Waals surface area contributed by atoms with Gasteiger partial charge in [0.1, 0.15) is 0 Å². The van der Waals surface area contributed by atoms with Gasteiger partial charge in [0, 0.05) is 53.7 Å². The van der Waals surface area contributed by atoms with Crippen molar-refractivity contribution < 1.29 is 4.79 Å². The van der Waals surface area contributed by atoms with E-state index in [4.69, 9.17) is 11.6 Å². The van der Waals surface area contributed by atoms with Gasteiger partial charge >= 0.3 is 0 Å². The standard InChI is InChI=1S/C30H34ClN3O/c1-23-13-15-30(16-14-23,34-19-17-33(18-20-34)28-11-3-2-4-12-28)25-8-6-10-27(22-25)32-29(35)24-7-5-9-26(31)21-24/h2-12,21-23H,13-20H2,1H3,(H,32,35). The Hall–Kier alpha value is -2.82. The number of nitrogens with one attached hydrogen (secondary N) is 1. The second-order valence-corrected chi connectivity index (χ2v) is 10.5. The van der Waals surface area contributed by atoms with E-state index in [2.05, 4.69) is 70.6 Å². The van der Waals surface area contributed by atoms with Gasteiger partial charge in [0.15, 0.2) is 0 Å². The molecule has 4 nitrogen and oxygen atoms in total. The van der Waals surface area contributed by atoms with Crippen LogP contribution in [0.25, 0.3) is 0 Å². The molecule has 1 aliphatic heterocycles. The molecule has 0 spiro atoms. The molecule has 3 aromatic rings. The number of anilines is 2. The Labute approximate surface area is 213 Å². The Morgan fingerprint density at radius 1 is 0.886 bits per heavy atom. The van der Waals surface area contributed by atoms with Gasteiger partial charge in [-0.3, -0.25) is 9.69 Å². The maximum atomic E-state index is 12.9. The van der Waals surface area contributed by atoms with E-state index < -0.39 is 0 Å². The van der Waals surface area contributed by atoms with Crippen LogP contribution in [0.3, 0.4) is 0 Å². The van der Waals surface area contributed by atoms with Gasteiger partial charge < -0.3 is 10.2 Å². The fraction of sp³-hybridized carbons (Fsp3) is 0.367. The summed E-state index contributed by atoms with van der Waals surface area (Å²) >= 11 is 6.10. The first-order valence-electron chi connectivity index (χ1n) is 12.8.